The molecule has 2 heterocycles. The molecule has 0 radical (unpaired) electrons. The molecular weight excluding hydrogens is 332 g/mol. The van der Waals surface area contributed by atoms with Crippen LogP contribution in [0, 0.1) is 0 Å². The second kappa shape index (κ2) is 7.69. The molecule has 0 aliphatic heterocycles. The van der Waals surface area contributed by atoms with Gasteiger partial charge in [0, 0.05) is 13.6 Å². The first-order valence-electron chi connectivity index (χ1n) is 7.84. The number of imidazole rings is 1. The molecule has 0 aliphatic carbocycles. The monoisotopic (exact) mass is 354 g/mol. The molecule has 0 fully saturated rings. The molecule has 9 heteroatoms. The molecular formula is C15H22N4O4S. The zero-order chi connectivity index (χ0) is 17.9. The number of thioether (sulfide) groups is 1. The third-order valence-electron chi connectivity index (χ3n) is 3.77. The van der Waals surface area contributed by atoms with E-state index >= 15 is 0 Å². The molecule has 0 bridgehead atoms. The van der Waals surface area contributed by atoms with Crippen LogP contribution in [0.1, 0.15) is 33.1 Å². The molecule has 1 N–H and O–H groups in total. The summed E-state index contributed by atoms with van der Waals surface area (Å²) >= 11 is 1.22. The molecule has 2 aromatic rings. The number of hydrogen-bond donors (Lipinski definition) is 1. The minimum absolute atomic E-state index is 0.319. The molecule has 0 spiro atoms. The number of fused-ring (bicyclic) bond motifs is 1. The van der Waals surface area contributed by atoms with E-state index in [0.29, 0.717) is 22.9 Å². The van der Waals surface area contributed by atoms with Gasteiger partial charge in [-0.2, -0.15) is 0 Å². The molecule has 0 amide bonds. The van der Waals surface area contributed by atoms with E-state index in [4.69, 9.17) is 4.74 Å². The number of nitrogens with one attached hydrogen (secondary N) is 1. The molecule has 0 unspecified atom stereocenters. The van der Waals surface area contributed by atoms with Gasteiger partial charge in [0.15, 0.2) is 16.3 Å². The summed E-state index contributed by atoms with van der Waals surface area (Å²) in [5, 5.41) is 0.0681. The van der Waals surface area contributed by atoms with Crippen LogP contribution in [0.3, 0.4) is 0 Å². The Morgan fingerprint density at radius 2 is 2.08 bits per heavy atom. The van der Waals surface area contributed by atoms with Crippen molar-refractivity contribution in [3.8, 4) is 0 Å². The number of rotatable bonds is 7. The summed E-state index contributed by atoms with van der Waals surface area (Å²) in [5.41, 5.74) is -0.300. The molecule has 2 rings (SSSR count). The Morgan fingerprint density at radius 3 is 2.71 bits per heavy atom. The van der Waals surface area contributed by atoms with E-state index in [0.717, 1.165) is 19.3 Å². The third kappa shape index (κ3) is 3.55. The lowest BCUT2D eigenvalue weighted by molar-refractivity contribution is -0.139. The molecule has 24 heavy (non-hydrogen) atoms. The minimum atomic E-state index is -0.511. The summed E-state index contributed by atoms with van der Waals surface area (Å²) in [6.45, 7) is 4.41. The van der Waals surface area contributed by atoms with Gasteiger partial charge in [0.2, 0.25) is 0 Å². The van der Waals surface area contributed by atoms with Gasteiger partial charge < -0.3 is 9.30 Å². The van der Waals surface area contributed by atoms with E-state index in [2.05, 4.69) is 16.9 Å². The molecule has 0 saturated carbocycles. The van der Waals surface area contributed by atoms with Gasteiger partial charge in [-0.1, -0.05) is 31.5 Å². The average Bonchev–Trinajstić information content (AvgIpc) is 2.91. The van der Waals surface area contributed by atoms with Crippen molar-refractivity contribution in [2.75, 3.05) is 7.11 Å². The normalized spacial score (nSPS) is 12.5. The van der Waals surface area contributed by atoms with Gasteiger partial charge in [0.05, 0.1) is 7.11 Å². The van der Waals surface area contributed by atoms with Crippen LogP contribution in [-0.4, -0.2) is 37.4 Å². The van der Waals surface area contributed by atoms with E-state index in [1.54, 1.807) is 18.5 Å². The van der Waals surface area contributed by atoms with Crippen LogP contribution in [0.15, 0.2) is 14.7 Å². The minimum Gasteiger partial charge on any atom is -0.468 e. The number of aromatic nitrogens is 4. The fourth-order valence-electron chi connectivity index (χ4n) is 2.40. The predicted octanol–water partition coefficient (Wildman–Crippen LogP) is 1.27. The maximum atomic E-state index is 12.3. The number of esters is 1. The maximum absolute atomic E-state index is 12.3. The van der Waals surface area contributed by atoms with Crippen molar-refractivity contribution < 1.29 is 9.53 Å². The lowest BCUT2D eigenvalue weighted by Crippen LogP contribution is -2.29. The highest BCUT2D eigenvalue weighted by Gasteiger charge is 2.22. The lowest BCUT2D eigenvalue weighted by atomic mass is 10.2. The van der Waals surface area contributed by atoms with Gasteiger partial charge in [-0.15, -0.1) is 0 Å². The van der Waals surface area contributed by atoms with Gasteiger partial charge in [-0.05, 0) is 13.3 Å². The largest absolute Gasteiger partial charge is 0.468 e. The first-order valence-corrected chi connectivity index (χ1v) is 8.72. The van der Waals surface area contributed by atoms with E-state index in [-0.39, 0.29) is 5.97 Å². The smallest absolute Gasteiger partial charge is 0.329 e. The highest BCUT2D eigenvalue weighted by Crippen LogP contribution is 2.26. The van der Waals surface area contributed by atoms with E-state index in [9.17, 15) is 14.4 Å². The highest BCUT2D eigenvalue weighted by atomic mass is 32.2. The van der Waals surface area contributed by atoms with Gasteiger partial charge in [-0.3, -0.25) is 19.1 Å². The number of nitrogens with zero attached hydrogens (tertiary/aromatic N) is 3. The molecule has 2 aromatic heterocycles. The molecule has 8 nitrogen and oxygen atoms in total. The van der Waals surface area contributed by atoms with Crippen molar-refractivity contribution in [1.29, 1.82) is 0 Å². The Kier molecular flexibility index (Phi) is 5.87. The summed E-state index contributed by atoms with van der Waals surface area (Å²) in [6, 6.07) is 0. The fourth-order valence-corrected chi connectivity index (χ4v) is 3.36. The standard InChI is InChI=1S/C15H22N4O4S/c1-5-6-7-8-19-10-11(18(3)14(22)17-12(10)20)16-15(19)24-9(2)13(21)23-4/h9H,5-8H2,1-4H3,(H,17,20,22)/t9-/m0/s1. The highest BCUT2D eigenvalue weighted by molar-refractivity contribution is 8.00. The summed E-state index contributed by atoms with van der Waals surface area (Å²) in [6.07, 6.45) is 2.94. The summed E-state index contributed by atoms with van der Waals surface area (Å²) < 4.78 is 7.83. The fraction of sp³-hybridized carbons (Fsp3) is 0.600. The number of carbonyl (C=O) groups is 1. The molecule has 1 atom stereocenters. The molecule has 0 saturated heterocycles. The Morgan fingerprint density at radius 1 is 1.38 bits per heavy atom. The Bertz CT molecular complexity index is 852. The second-order valence-corrected chi connectivity index (χ2v) is 6.83. The number of carbonyl (C=O) groups excluding carboxylic acids is 1. The Hall–Kier alpha value is -2.03. The first-order chi connectivity index (χ1) is 11.4. The van der Waals surface area contributed by atoms with Crippen molar-refractivity contribution >= 4 is 28.9 Å². The molecule has 0 aliphatic rings. The third-order valence-corrected chi connectivity index (χ3v) is 4.84. The number of H-pyrrole nitrogens is 1. The number of aromatic amines is 1. The first kappa shape index (κ1) is 18.3. The number of unbranched alkanes of at least 4 members (excludes halogenated alkanes) is 2. The quantitative estimate of drug-likeness (QED) is 0.457. The van der Waals surface area contributed by atoms with Crippen molar-refractivity contribution in [2.24, 2.45) is 7.05 Å². The van der Waals surface area contributed by atoms with Crippen LogP contribution in [-0.2, 0) is 23.1 Å². The number of aryl methyl sites for hydroxylation is 2. The van der Waals surface area contributed by atoms with Crippen LogP contribution < -0.4 is 11.2 Å². The number of methoxy groups -OCH3 is 1. The summed E-state index contributed by atoms with van der Waals surface area (Å²) in [4.78, 5) is 42.5. The van der Waals surface area contributed by atoms with E-state index < -0.39 is 16.5 Å². The lowest BCUT2D eigenvalue weighted by Gasteiger charge is -2.11. The Labute approximate surface area is 143 Å². The molecule has 132 valence electrons. The van der Waals surface area contributed by atoms with Crippen molar-refractivity contribution in [3.63, 3.8) is 0 Å². The predicted molar refractivity (Wildman–Crippen MR) is 92.5 cm³/mol. The summed E-state index contributed by atoms with van der Waals surface area (Å²) in [7, 11) is 2.89. The molecule has 0 aromatic carbocycles. The Balaban J connectivity index is 2.55. The van der Waals surface area contributed by atoms with Gasteiger partial charge >= 0.3 is 11.7 Å². The summed E-state index contributed by atoms with van der Waals surface area (Å²) in [5.74, 6) is -0.366. The van der Waals surface area contributed by atoms with Crippen LogP contribution >= 0.6 is 11.8 Å². The number of hydrogen-bond acceptors (Lipinski definition) is 6. The zero-order valence-electron chi connectivity index (χ0n) is 14.3. The van der Waals surface area contributed by atoms with Gasteiger partial charge in [-0.25, -0.2) is 9.78 Å². The van der Waals surface area contributed by atoms with Crippen LogP contribution in [0.2, 0.25) is 0 Å². The van der Waals surface area contributed by atoms with Crippen molar-refractivity contribution in [1.82, 2.24) is 19.1 Å². The van der Waals surface area contributed by atoms with Crippen molar-refractivity contribution in [2.45, 2.75) is 50.1 Å². The van der Waals surface area contributed by atoms with Crippen molar-refractivity contribution in [3.05, 3.63) is 20.8 Å². The van der Waals surface area contributed by atoms with Crippen LogP contribution in [0.4, 0.5) is 0 Å². The SMILES string of the molecule is CCCCCn1c(S[C@@H](C)C(=O)OC)nc2c1c(=O)[nH]c(=O)n2C. The topological polar surface area (TPSA) is 99.0 Å². The maximum Gasteiger partial charge on any atom is 0.329 e. The van der Waals surface area contributed by atoms with Gasteiger partial charge in [0.1, 0.15) is 5.25 Å². The van der Waals surface area contributed by atoms with Gasteiger partial charge in [0.25, 0.3) is 5.56 Å². The second-order valence-electron chi connectivity index (χ2n) is 5.53. The van der Waals surface area contributed by atoms with Crippen LogP contribution in [0.5, 0.6) is 0 Å². The average molecular weight is 354 g/mol. The van der Waals surface area contributed by atoms with Crippen LogP contribution in [0.25, 0.3) is 11.2 Å². The van der Waals surface area contributed by atoms with E-state index in [1.165, 1.54) is 23.4 Å². The van der Waals surface area contributed by atoms with E-state index in [1.807, 2.05) is 0 Å². The zero-order valence-corrected chi connectivity index (χ0v) is 15.1. The number of ether oxygens (including phenoxy) is 1.